The molecule has 3 aromatic rings. The van der Waals surface area contributed by atoms with Gasteiger partial charge >= 0.3 is 0 Å². The van der Waals surface area contributed by atoms with E-state index in [0.29, 0.717) is 13.1 Å². The molecule has 1 aliphatic heterocycles. The highest BCUT2D eigenvalue weighted by atomic mass is 32.1. The standard InChI is InChI=1S/C17H17N5OS2/c1-12-15(25-16(19-12)13-4-3-11-24-13)17(23)22-9-7-21(8-10-22)14-5-2-6-18-20-14/h2-6,11H,7-10H2,1H3. The monoisotopic (exact) mass is 371 g/mol. The second-order valence-electron chi connectivity index (χ2n) is 5.77. The van der Waals surface area contributed by atoms with Crippen LogP contribution >= 0.6 is 22.7 Å². The lowest BCUT2D eigenvalue weighted by atomic mass is 10.2. The third-order valence-corrected chi connectivity index (χ3v) is 6.36. The molecule has 0 unspecified atom stereocenters. The third kappa shape index (κ3) is 3.27. The number of nitrogens with zero attached hydrogens (tertiary/aromatic N) is 5. The van der Waals surface area contributed by atoms with Crippen LogP contribution in [0.2, 0.25) is 0 Å². The molecule has 0 spiro atoms. The molecule has 0 aliphatic carbocycles. The van der Waals surface area contributed by atoms with Crippen LogP contribution in [0.5, 0.6) is 0 Å². The summed E-state index contributed by atoms with van der Waals surface area (Å²) in [6.45, 7) is 4.80. The Morgan fingerprint density at radius 3 is 2.68 bits per heavy atom. The third-order valence-electron chi connectivity index (χ3n) is 4.17. The highest BCUT2D eigenvalue weighted by Gasteiger charge is 2.26. The van der Waals surface area contributed by atoms with Crippen LogP contribution in [0.4, 0.5) is 5.82 Å². The number of rotatable bonds is 3. The normalized spacial score (nSPS) is 14.8. The Balaban J connectivity index is 1.46. The zero-order valence-electron chi connectivity index (χ0n) is 13.8. The van der Waals surface area contributed by atoms with Gasteiger partial charge in [-0.1, -0.05) is 6.07 Å². The van der Waals surface area contributed by atoms with E-state index >= 15 is 0 Å². The summed E-state index contributed by atoms with van der Waals surface area (Å²) in [5, 5.41) is 11.0. The smallest absolute Gasteiger partial charge is 0.265 e. The number of carbonyl (C=O) groups is 1. The zero-order valence-corrected chi connectivity index (χ0v) is 15.4. The van der Waals surface area contributed by atoms with Crippen LogP contribution in [0, 0.1) is 6.92 Å². The zero-order chi connectivity index (χ0) is 17.2. The van der Waals surface area contributed by atoms with Crippen molar-refractivity contribution < 1.29 is 4.79 Å². The van der Waals surface area contributed by atoms with Gasteiger partial charge in [0.2, 0.25) is 0 Å². The maximum atomic E-state index is 12.9. The minimum absolute atomic E-state index is 0.0802. The summed E-state index contributed by atoms with van der Waals surface area (Å²) in [5.74, 6) is 0.945. The number of thiazole rings is 1. The van der Waals surface area contributed by atoms with Crippen LogP contribution in [-0.2, 0) is 0 Å². The first-order valence-electron chi connectivity index (χ1n) is 8.05. The van der Waals surface area contributed by atoms with Crippen molar-refractivity contribution in [3.63, 3.8) is 0 Å². The molecule has 1 amide bonds. The summed E-state index contributed by atoms with van der Waals surface area (Å²) in [6.07, 6.45) is 1.67. The molecule has 1 aliphatic rings. The van der Waals surface area contributed by atoms with E-state index in [4.69, 9.17) is 0 Å². The van der Waals surface area contributed by atoms with Crippen molar-refractivity contribution in [1.29, 1.82) is 0 Å². The molecular formula is C17H17N5OS2. The second-order valence-corrected chi connectivity index (χ2v) is 7.72. The number of thiophene rings is 1. The van der Waals surface area contributed by atoms with Crippen LogP contribution in [0.3, 0.4) is 0 Å². The molecule has 0 atom stereocenters. The van der Waals surface area contributed by atoms with Gasteiger partial charge in [0, 0.05) is 32.4 Å². The maximum absolute atomic E-state index is 12.9. The molecule has 0 bridgehead atoms. The summed E-state index contributed by atoms with van der Waals surface area (Å²) < 4.78 is 0. The van der Waals surface area contributed by atoms with Crippen LogP contribution in [0.1, 0.15) is 15.4 Å². The molecule has 0 aromatic carbocycles. The minimum atomic E-state index is 0.0802. The minimum Gasteiger partial charge on any atom is -0.352 e. The van der Waals surface area contributed by atoms with E-state index in [-0.39, 0.29) is 5.91 Å². The van der Waals surface area contributed by atoms with Crippen molar-refractivity contribution >= 4 is 34.4 Å². The first kappa shape index (κ1) is 16.2. The van der Waals surface area contributed by atoms with Crippen LogP contribution in [0.25, 0.3) is 9.88 Å². The van der Waals surface area contributed by atoms with Crippen molar-refractivity contribution in [1.82, 2.24) is 20.1 Å². The number of carbonyl (C=O) groups excluding carboxylic acids is 1. The molecule has 1 saturated heterocycles. The molecule has 1 fully saturated rings. The number of hydrogen-bond donors (Lipinski definition) is 0. The Morgan fingerprint density at radius 1 is 1.16 bits per heavy atom. The summed E-state index contributed by atoms with van der Waals surface area (Å²) in [5.41, 5.74) is 0.815. The van der Waals surface area contributed by atoms with Crippen molar-refractivity contribution in [2.24, 2.45) is 0 Å². The number of piperazine rings is 1. The average Bonchev–Trinajstić information content (AvgIpc) is 3.32. The van der Waals surface area contributed by atoms with E-state index in [9.17, 15) is 4.79 Å². The summed E-state index contributed by atoms with van der Waals surface area (Å²) in [4.78, 5) is 23.4. The lowest BCUT2D eigenvalue weighted by Crippen LogP contribution is -2.49. The molecule has 4 heterocycles. The SMILES string of the molecule is Cc1nc(-c2cccs2)sc1C(=O)N1CCN(c2cccnn2)CC1. The molecule has 0 saturated carbocycles. The van der Waals surface area contributed by atoms with Crippen LogP contribution < -0.4 is 4.90 Å². The van der Waals surface area contributed by atoms with Gasteiger partial charge in [-0.15, -0.1) is 27.8 Å². The van der Waals surface area contributed by atoms with Crippen LogP contribution in [0.15, 0.2) is 35.8 Å². The van der Waals surface area contributed by atoms with Crippen molar-refractivity contribution in [3.8, 4) is 9.88 Å². The maximum Gasteiger partial charge on any atom is 0.265 e. The molecular weight excluding hydrogens is 354 g/mol. The number of aryl methyl sites for hydroxylation is 1. The molecule has 128 valence electrons. The van der Waals surface area contributed by atoms with E-state index in [0.717, 1.165) is 39.4 Å². The highest BCUT2D eigenvalue weighted by molar-refractivity contribution is 7.22. The molecule has 0 N–H and O–H groups in total. The molecule has 6 nitrogen and oxygen atoms in total. The first-order chi connectivity index (χ1) is 12.2. The molecule has 4 rings (SSSR count). The van der Waals surface area contributed by atoms with Crippen molar-refractivity contribution in [3.05, 3.63) is 46.4 Å². The number of amides is 1. The quantitative estimate of drug-likeness (QED) is 0.708. The molecule has 3 aromatic heterocycles. The van der Waals surface area contributed by atoms with Gasteiger partial charge in [0.25, 0.3) is 5.91 Å². The van der Waals surface area contributed by atoms with Gasteiger partial charge in [-0.25, -0.2) is 4.98 Å². The molecule has 0 radical (unpaired) electrons. The first-order valence-corrected chi connectivity index (χ1v) is 9.75. The Labute approximate surface area is 153 Å². The Hall–Kier alpha value is -2.32. The summed E-state index contributed by atoms with van der Waals surface area (Å²) in [6, 6.07) is 7.87. The van der Waals surface area contributed by atoms with E-state index in [2.05, 4.69) is 20.1 Å². The lowest BCUT2D eigenvalue weighted by molar-refractivity contribution is 0.0750. The fourth-order valence-corrected chi connectivity index (χ4v) is 4.68. The summed E-state index contributed by atoms with van der Waals surface area (Å²) >= 11 is 3.14. The highest BCUT2D eigenvalue weighted by Crippen LogP contribution is 2.31. The van der Waals surface area contributed by atoms with Crippen LogP contribution in [-0.4, -0.2) is 52.2 Å². The predicted octanol–water partition coefficient (Wildman–Crippen LogP) is 2.93. The fraction of sp³-hybridized carbons (Fsp3) is 0.294. The van der Waals surface area contributed by atoms with Gasteiger partial charge in [-0.3, -0.25) is 4.79 Å². The number of aromatic nitrogens is 3. The lowest BCUT2D eigenvalue weighted by Gasteiger charge is -2.34. The Morgan fingerprint density at radius 2 is 2.00 bits per heavy atom. The number of anilines is 1. The average molecular weight is 371 g/mol. The fourth-order valence-electron chi connectivity index (χ4n) is 2.84. The summed E-state index contributed by atoms with van der Waals surface area (Å²) in [7, 11) is 0. The van der Waals surface area contributed by atoms with E-state index in [1.54, 1.807) is 17.5 Å². The number of hydrogen-bond acceptors (Lipinski definition) is 7. The van der Waals surface area contributed by atoms with E-state index in [1.807, 2.05) is 41.5 Å². The molecule has 25 heavy (non-hydrogen) atoms. The Bertz CT molecular complexity index is 855. The van der Waals surface area contributed by atoms with Gasteiger partial charge in [0.05, 0.1) is 10.6 Å². The van der Waals surface area contributed by atoms with Crippen molar-refractivity contribution in [2.75, 3.05) is 31.1 Å². The Kier molecular flexibility index (Phi) is 4.46. The predicted molar refractivity (Wildman–Crippen MR) is 100 cm³/mol. The largest absolute Gasteiger partial charge is 0.352 e. The van der Waals surface area contributed by atoms with Gasteiger partial charge in [-0.05, 0) is 30.5 Å². The van der Waals surface area contributed by atoms with Gasteiger partial charge in [0.1, 0.15) is 9.88 Å². The topological polar surface area (TPSA) is 62.2 Å². The van der Waals surface area contributed by atoms with Gasteiger partial charge in [0.15, 0.2) is 5.82 Å². The van der Waals surface area contributed by atoms with E-state index < -0.39 is 0 Å². The van der Waals surface area contributed by atoms with Gasteiger partial charge < -0.3 is 9.80 Å². The second kappa shape index (κ2) is 6.89. The van der Waals surface area contributed by atoms with E-state index in [1.165, 1.54) is 11.3 Å². The van der Waals surface area contributed by atoms with Gasteiger partial charge in [-0.2, -0.15) is 5.10 Å². The van der Waals surface area contributed by atoms with Crippen molar-refractivity contribution in [2.45, 2.75) is 6.92 Å². The molecule has 8 heteroatoms.